The second-order valence-electron chi connectivity index (χ2n) is 5.91. The summed E-state index contributed by atoms with van der Waals surface area (Å²) in [6.45, 7) is 5.73. The maximum absolute atomic E-state index is 12.3. The number of ether oxygens (including phenoxy) is 1. The molecular formula is C19H22ClN3O4S. The molecule has 0 saturated heterocycles. The van der Waals surface area contributed by atoms with Crippen molar-refractivity contribution in [3.8, 4) is 5.75 Å². The van der Waals surface area contributed by atoms with Crippen LogP contribution in [0.25, 0.3) is 0 Å². The highest BCUT2D eigenvalue weighted by molar-refractivity contribution is 7.89. The molecule has 0 heterocycles. The Morgan fingerprint density at radius 3 is 2.50 bits per heavy atom. The fraction of sp³-hybridized carbons (Fsp3) is 0.211. The molecule has 0 spiro atoms. The number of benzene rings is 2. The van der Waals surface area contributed by atoms with Gasteiger partial charge in [0.25, 0.3) is 10.0 Å². The summed E-state index contributed by atoms with van der Waals surface area (Å²) in [5, 5.41) is 3.20. The van der Waals surface area contributed by atoms with Gasteiger partial charge in [0.1, 0.15) is 5.75 Å². The van der Waals surface area contributed by atoms with Gasteiger partial charge in [-0.25, -0.2) is 8.42 Å². The molecule has 2 rings (SSSR count). The summed E-state index contributed by atoms with van der Waals surface area (Å²) in [6, 6.07) is 11.2. The quantitative estimate of drug-likeness (QED) is 0.446. The van der Waals surface area contributed by atoms with Crippen LogP contribution in [0, 0.1) is 6.92 Å². The van der Waals surface area contributed by atoms with E-state index in [0.717, 1.165) is 5.56 Å². The van der Waals surface area contributed by atoms with Gasteiger partial charge in [-0.2, -0.15) is 0 Å². The molecule has 2 aromatic carbocycles. The summed E-state index contributed by atoms with van der Waals surface area (Å²) in [5.74, 6) is 0.161. The van der Waals surface area contributed by atoms with Crippen LogP contribution in [0.15, 0.2) is 59.1 Å². The van der Waals surface area contributed by atoms with Gasteiger partial charge in [0.05, 0.1) is 11.5 Å². The lowest BCUT2D eigenvalue weighted by atomic mass is 10.2. The van der Waals surface area contributed by atoms with E-state index in [-0.39, 0.29) is 4.90 Å². The number of aryl methyl sites for hydroxylation is 1. The summed E-state index contributed by atoms with van der Waals surface area (Å²) in [7, 11) is -3.80. The minimum Gasteiger partial charge on any atom is -0.494 e. The maximum atomic E-state index is 12.3. The summed E-state index contributed by atoms with van der Waals surface area (Å²) in [4.78, 5) is 14.4. The minimum absolute atomic E-state index is 0.0651. The smallest absolute Gasteiger partial charge is 0.257 e. The predicted molar refractivity (Wildman–Crippen MR) is 110 cm³/mol. The number of amides is 1. The first kappa shape index (κ1) is 21.7. The second kappa shape index (κ2) is 9.59. The normalized spacial score (nSPS) is 11.8. The van der Waals surface area contributed by atoms with E-state index in [9.17, 15) is 13.2 Å². The molecule has 0 radical (unpaired) electrons. The van der Waals surface area contributed by atoms with Crippen LogP contribution < -0.4 is 20.3 Å². The van der Waals surface area contributed by atoms with Crippen molar-refractivity contribution in [1.29, 1.82) is 0 Å². The van der Waals surface area contributed by atoms with Crippen LogP contribution >= 0.6 is 11.6 Å². The van der Waals surface area contributed by atoms with E-state index < -0.39 is 15.9 Å². The summed E-state index contributed by atoms with van der Waals surface area (Å²) < 4.78 is 29.9. The van der Waals surface area contributed by atoms with Crippen molar-refractivity contribution in [3.05, 3.63) is 64.8 Å². The number of carbonyl (C=O) groups is 1. The Morgan fingerprint density at radius 1 is 1.18 bits per heavy atom. The molecule has 0 aliphatic carbocycles. The number of sulfonamides is 1. The number of anilines is 1. The molecule has 0 saturated carbocycles. The van der Waals surface area contributed by atoms with E-state index in [1.165, 1.54) is 18.2 Å². The molecular weight excluding hydrogens is 402 g/mol. The monoisotopic (exact) mass is 423 g/mol. The van der Waals surface area contributed by atoms with E-state index in [2.05, 4.69) is 15.6 Å². The van der Waals surface area contributed by atoms with Crippen LogP contribution in [0.2, 0.25) is 5.02 Å². The number of allylic oxidation sites excluding steroid dienone is 1. The van der Waals surface area contributed by atoms with Gasteiger partial charge in [0.15, 0.2) is 0 Å². The maximum Gasteiger partial charge on any atom is 0.257 e. The number of hydrazine groups is 1. The van der Waals surface area contributed by atoms with Crippen molar-refractivity contribution in [3.63, 3.8) is 0 Å². The van der Waals surface area contributed by atoms with Gasteiger partial charge in [-0.3, -0.25) is 4.79 Å². The first-order chi connectivity index (χ1) is 13.2. The van der Waals surface area contributed by atoms with Gasteiger partial charge >= 0.3 is 0 Å². The van der Waals surface area contributed by atoms with Crippen LogP contribution in [-0.4, -0.2) is 20.9 Å². The molecule has 0 aromatic heterocycles. The summed E-state index contributed by atoms with van der Waals surface area (Å²) in [6.07, 6.45) is 1.24. The Hall–Kier alpha value is -2.55. The van der Waals surface area contributed by atoms with E-state index >= 15 is 0 Å². The Labute approximate surface area is 169 Å². The molecule has 3 N–H and O–H groups in total. The number of nitrogens with one attached hydrogen (secondary N) is 3. The fourth-order valence-corrected chi connectivity index (χ4v) is 3.30. The lowest BCUT2D eigenvalue weighted by Crippen LogP contribution is -2.36. The molecule has 0 unspecified atom stereocenters. The standard InChI is InChI=1S/C19H22ClN3O4S/c1-4-27-16-7-9-17(10-8-16)28(25,26)23-22-14(3)11-19(24)21-18-12-15(20)6-5-13(18)2/h5-12,22-23H,4H2,1-3H3,(H,21,24)/b14-11+. The molecule has 150 valence electrons. The third-order valence-corrected chi connectivity index (χ3v) is 5.13. The number of carbonyl (C=O) groups excluding carboxylic acids is 1. The molecule has 2 aromatic rings. The van der Waals surface area contributed by atoms with Crippen molar-refractivity contribution < 1.29 is 17.9 Å². The van der Waals surface area contributed by atoms with Gasteiger partial charge in [-0.05, 0) is 62.7 Å². The van der Waals surface area contributed by atoms with Gasteiger partial charge in [-0.1, -0.05) is 17.7 Å². The molecule has 0 aliphatic heterocycles. The molecule has 28 heavy (non-hydrogen) atoms. The van der Waals surface area contributed by atoms with Crippen LogP contribution in [0.1, 0.15) is 19.4 Å². The second-order valence-corrected chi connectivity index (χ2v) is 8.03. The minimum atomic E-state index is -3.80. The predicted octanol–water partition coefficient (Wildman–Crippen LogP) is 3.37. The van der Waals surface area contributed by atoms with Gasteiger partial charge in [0, 0.05) is 22.5 Å². The largest absolute Gasteiger partial charge is 0.494 e. The zero-order valence-corrected chi connectivity index (χ0v) is 17.3. The molecule has 0 aliphatic rings. The molecule has 0 fully saturated rings. The summed E-state index contributed by atoms with van der Waals surface area (Å²) >= 11 is 5.93. The first-order valence-corrected chi connectivity index (χ1v) is 10.3. The van der Waals surface area contributed by atoms with Crippen molar-refractivity contribution in [2.45, 2.75) is 25.7 Å². The van der Waals surface area contributed by atoms with Crippen molar-refractivity contribution in [2.24, 2.45) is 0 Å². The number of hydrogen-bond acceptors (Lipinski definition) is 5. The Bertz CT molecular complexity index is 973. The highest BCUT2D eigenvalue weighted by Crippen LogP contribution is 2.20. The van der Waals surface area contributed by atoms with E-state index in [0.29, 0.717) is 28.8 Å². The zero-order chi connectivity index (χ0) is 20.7. The Balaban J connectivity index is 1.98. The molecule has 1 amide bonds. The van der Waals surface area contributed by atoms with Gasteiger partial charge in [0.2, 0.25) is 5.91 Å². The summed E-state index contributed by atoms with van der Waals surface area (Å²) in [5.41, 5.74) is 4.26. The molecule has 9 heteroatoms. The van der Waals surface area contributed by atoms with Gasteiger partial charge < -0.3 is 15.5 Å². The number of hydrogen-bond donors (Lipinski definition) is 3. The first-order valence-electron chi connectivity index (χ1n) is 8.47. The SMILES string of the molecule is CCOc1ccc(S(=O)(=O)NN/C(C)=C/C(=O)Nc2cc(Cl)ccc2C)cc1. The lowest BCUT2D eigenvalue weighted by molar-refractivity contribution is -0.112. The van der Waals surface area contributed by atoms with E-state index in [1.807, 2.05) is 13.8 Å². The zero-order valence-electron chi connectivity index (χ0n) is 15.7. The van der Waals surface area contributed by atoms with E-state index in [4.69, 9.17) is 16.3 Å². The van der Waals surface area contributed by atoms with Crippen LogP contribution in [0.4, 0.5) is 5.69 Å². The van der Waals surface area contributed by atoms with E-state index in [1.54, 1.807) is 37.3 Å². The molecule has 7 nitrogen and oxygen atoms in total. The highest BCUT2D eigenvalue weighted by atomic mass is 35.5. The van der Waals surface area contributed by atoms with Crippen LogP contribution in [0.5, 0.6) is 5.75 Å². The average Bonchev–Trinajstić information content (AvgIpc) is 2.64. The van der Waals surface area contributed by atoms with Crippen molar-refractivity contribution >= 4 is 33.2 Å². The van der Waals surface area contributed by atoms with Crippen molar-refractivity contribution in [1.82, 2.24) is 10.3 Å². The topological polar surface area (TPSA) is 96.5 Å². The average molecular weight is 424 g/mol. The Morgan fingerprint density at radius 2 is 1.86 bits per heavy atom. The molecule has 0 atom stereocenters. The van der Waals surface area contributed by atoms with Crippen molar-refractivity contribution in [2.75, 3.05) is 11.9 Å². The highest BCUT2D eigenvalue weighted by Gasteiger charge is 2.14. The Kier molecular flexibility index (Phi) is 7.45. The number of halogens is 1. The third-order valence-electron chi connectivity index (χ3n) is 3.63. The molecule has 0 bridgehead atoms. The fourth-order valence-electron chi connectivity index (χ4n) is 2.22. The van der Waals surface area contributed by atoms with Crippen LogP contribution in [0.3, 0.4) is 0 Å². The van der Waals surface area contributed by atoms with Crippen LogP contribution in [-0.2, 0) is 14.8 Å². The third kappa shape index (κ3) is 6.26. The number of rotatable bonds is 8. The lowest BCUT2D eigenvalue weighted by Gasteiger charge is -2.11. The van der Waals surface area contributed by atoms with Gasteiger partial charge in [-0.15, -0.1) is 4.83 Å².